The molecule has 0 aliphatic rings. The van der Waals surface area contributed by atoms with Gasteiger partial charge in [0.2, 0.25) is 5.91 Å². The predicted molar refractivity (Wildman–Crippen MR) is 91.0 cm³/mol. The van der Waals surface area contributed by atoms with Crippen LogP contribution in [0, 0.1) is 0 Å². The van der Waals surface area contributed by atoms with Gasteiger partial charge in [0.05, 0.1) is 23.9 Å². The van der Waals surface area contributed by atoms with Crippen molar-refractivity contribution in [1.82, 2.24) is 0 Å². The molecule has 2 aromatic carbocycles. The van der Waals surface area contributed by atoms with Crippen LogP contribution in [0.1, 0.15) is 22.3 Å². The molecule has 2 rings (SSSR count). The molecule has 138 valence electrons. The molecule has 0 aliphatic heterocycles. The number of carbonyl (C=O) groups excluding carboxylic acids is 2. The molecule has 2 aromatic rings. The molecular formula is C18H17F3N2O3. The highest BCUT2D eigenvalue weighted by atomic mass is 19.4. The van der Waals surface area contributed by atoms with E-state index in [1.807, 2.05) is 0 Å². The normalized spacial score (nSPS) is 10.9. The summed E-state index contributed by atoms with van der Waals surface area (Å²) in [4.78, 5) is 23.2. The number of carbonyl (C=O) groups is 2. The fourth-order valence-electron chi connectivity index (χ4n) is 2.21. The van der Waals surface area contributed by atoms with Crippen molar-refractivity contribution in [2.24, 2.45) is 0 Å². The van der Waals surface area contributed by atoms with E-state index in [-0.39, 0.29) is 18.7 Å². The quantitative estimate of drug-likeness (QED) is 0.760. The van der Waals surface area contributed by atoms with Crippen molar-refractivity contribution in [2.75, 3.05) is 24.3 Å². The zero-order valence-electron chi connectivity index (χ0n) is 13.9. The second-order valence-corrected chi connectivity index (χ2v) is 5.34. The Morgan fingerprint density at radius 1 is 1.04 bits per heavy atom. The van der Waals surface area contributed by atoms with Gasteiger partial charge in [-0.3, -0.25) is 4.79 Å². The maximum absolute atomic E-state index is 12.9. The third-order valence-electron chi connectivity index (χ3n) is 3.49. The Bertz CT molecular complexity index is 774. The van der Waals surface area contributed by atoms with Gasteiger partial charge in [-0.2, -0.15) is 13.2 Å². The topological polar surface area (TPSA) is 67.4 Å². The molecular weight excluding hydrogens is 349 g/mol. The SMILES string of the molecule is COC(=O)c1ccc(NCCC(=O)Nc2ccccc2C(F)(F)F)cc1. The monoisotopic (exact) mass is 366 g/mol. The number of para-hydroxylation sites is 1. The van der Waals surface area contributed by atoms with Gasteiger partial charge in [0.1, 0.15) is 0 Å². The molecule has 1 amide bonds. The van der Waals surface area contributed by atoms with Crippen LogP contribution in [0.25, 0.3) is 0 Å². The number of rotatable bonds is 6. The van der Waals surface area contributed by atoms with Crippen LogP contribution in [-0.2, 0) is 15.7 Å². The summed E-state index contributed by atoms with van der Waals surface area (Å²) in [5.41, 5.74) is -0.104. The van der Waals surface area contributed by atoms with Crippen molar-refractivity contribution in [1.29, 1.82) is 0 Å². The molecule has 8 heteroatoms. The summed E-state index contributed by atoms with van der Waals surface area (Å²) in [7, 11) is 1.28. The van der Waals surface area contributed by atoms with E-state index in [2.05, 4.69) is 15.4 Å². The Kier molecular flexibility index (Phi) is 6.21. The van der Waals surface area contributed by atoms with Crippen LogP contribution in [-0.4, -0.2) is 25.5 Å². The summed E-state index contributed by atoms with van der Waals surface area (Å²) >= 11 is 0. The lowest BCUT2D eigenvalue weighted by Gasteiger charge is -2.13. The van der Waals surface area contributed by atoms with E-state index in [1.54, 1.807) is 24.3 Å². The molecule has 0 aromatic heterocycles. The van der Waals surface area contributed by atoms with Crippen LogP contribution in [0.2, 0.25) is 0 Å². The summed E-state index contributed by atoms with van der Waals surface area (Å²) in [5, 5.41) is 5.23. The van der Waals surface area contributed by atoms with E-state index < -0.39 is 23.6 Å². The van der Waals surface area contributed by atoms with Crippen molar-refractivity contribution >= 4 is 23.3 Å². The van der Waals surface area contributed by atoms with Gasteiger partial charge in [0.25, 0.3) is 0 Å². The van der Waals surface area contributed by atoms with Gasteiger partial charge >= 0.3 is 12.1 Å². The number of ether oxygens (including phenoxy) is 1. The smallest absolute Gasteiger partial charge is 0.418 e. The van der Waals surface area contributed by atoms with Crippen molar-refractivity contribution < 1.29 is 27.5 Å². The van der Waals surface area contributed by atoms with E-state index >= 15 is 0 Å². The summed E-state index contributed by atoms with van der Waals surface area (Å²) < 4.78 is 43.3. The number of anilines is 2. The number of methoxy groups -OCH3 is 1. The third-order valence-corrected chi connectivity index (χ3v) is 3.49. The first-order valence-electron chi connectivity index (χ1n) is 7.69. The number of esters is 1. The Labute approximate surface area is 148 Å². The van der Waals surface area contributed by atoms with Gasteiger partial charge in [-0.05, 0) is 36.4 Å². The minimum absolute atomic E-state index is 0.0229. The number of hydrogen-bond donors (Lipinski definition) is 2. The summed E-state index contributed by atoms with van der Waals surface area (Å²) in [6, 6.07) is 11.2. The van der Waals surface area contributed by atoms with Crippen LogP contribution >= 0.6 is 0 Å². The Balaban J connectivity index is 1.87. The fraction of sp³-hybridized carbons (Fsp3) is 0.222. The molecule has 0 saturated carbocycles. The molecule has 2 N–H and O–H groups in total. The van der Waals surface area contributed by atoms with E-state index in [9.17, 15) is 22.8 Å². The second-order valence-electron chi connectivity index (χ2n) is 5.34. The van der Waals surface area contributed by atoms with Crippen LogP contribution in [0.4, 0.5) is 24.5 Å². The first-order chi connectivity index (χ1) is 12.3. The maximum atomic E-state index is 12.9. The van der Waals surface area contributed by atoms with Gasteiger partial charge < -0.3 is 15.4 Å². The van der Waals surface area contributed by atoms with Crippen molar-refractivity contribution in [3.8, 4) is 0 Å². The molecule has 0 spiro atoms. The number of amides is 1. The van der Waals surface area contributed by atoms with Crippen LogP contribution in [0.15, 0.2) is 48.5 Å². The molecule has 0 radical (unpaired) electrons. The number of halogens is 3. The number of benzene rings is 2. The molecule has 5 nitrogen and oxygen atoms in total. The molecule has 0 fully saturated rings. The fourth-order valence-corrected chi connectivity index (χ4v) is 2.21. The largest absolute Gasteiger partial charge is 0.465 e. The van der Waals surface area contributed by atoms with E-state index in [1.165, 1.54) is 25.3 Å². The molecule has 26 heavy (non-hydrogen) atoms. The van der Waals surface area contributed by atoms with Gasteiger partial charge in [0, 0.05) is 18.7 Å². The van der Waals surface area contributed by atoms with Crippen molar-refractivity contribution in [3.05, 3.63) is 59.7 Å². The van der Waals surface area contributed by atoms with Gasteiger partial charge in [-0.1, -0.05) is 12.1 Å². The highest BCUT2D eigenvalue weighted by Crippen LogP contribution is 2.34. The Hall–Kier alpha value is -3.03. The molecule has 0 unspecified atom stereocenters. The molecule has 0 bridgehead atoms. The summed E-state index contributed by atoms with van der Waals surface area (Å²) in [6.45, 7) is 0.220. The second kappa shape index (κ2) is 8.37. The standard InChI is InChI=1S/C18H17F3N2O3/c1-26-17(25)12-6-8-13(9-7-12)22-11-10-16(24)23-15-5-3-2-4-14(15)18(19,20)21/h2-9,22H,10-11H2,1H3,(H,23,24). The van der Waals surface area contributed by atoms with Crippen molar-refractivity contribution in [2.45, 2.75) is 12.6 Å². The average Bonchev–Trinajstić information content (AvgIpc) is 2.61. The van der Waals surface area contributed by atoms with E-state index in [4.69, 9.17) is 0 Å². The zero-order chi connectivity index (χ0) is 19.2. The molecule has 0 saturated heterocycles. The van der Waals surface area contributed by atoms with Crippen LogP contribution < -0.4 is 10.6 Å². The van der Waals surface area contributed by atoms with Gasteiger partial charge in [-0.25, -0.2) is 4.79 Å². The van der Waals surface area contributed by atoms with E-state index in [0.717, 1.165) is 6.07 Å². The van der Waals surface area contributed by atoms with Gasteiger partial charge in [-0.15, -0.1) is 0 Å². The maximum Gasteiger partial charge on any atom is 0.418 e. The lowest BCUT2D eigenvalue weighted by atomic mass is 10.1. The zero-order valence-corrected chi connectivity index (χ0v) is 13.9. The first-order valence-corrected chi connectivity index (χ1v) is 7.69. The van der Waals surface area contributed by atoms with Crippen LogP contribution in [0.3, 0.4) is 0 Å². The third kappa shape index (κ3) is 5.23. The first kappa shape index (κ1) is 19.3. The summed E-state index contributed by atoms with van der Waals surface area (Å²) in [5.74, 6) is -1.00. The summed E-state index contributed by atoms with van der Waals surface area (Å²) in [6.07, 6.45) is -4.56. The number of hydrogen-bond acceptors (Lipinski definition) is 4. The number of nitrogens with one attached hydrogen (secondary N) is 2. The minimum Gasteiger partial charge on any atom is -0.465 e. The highest BCUT2D eigenvalue weighted by molar-refractivity contribution is 5.92. The van der Waals surface area contributed by atoms with Gasteiger partial charge in [0.15, 0.2) is 0 Å². The lowest BCUT2D eigenvalue weighted by Crippen LogP contribution is -2.19. The van der Waals surface area contributed by atoms with E-state index in [0.29, 0.717) is 11.3 Å². The van der Waals surface area contributed by atoms with Crippen LogP contribution in [0.5, 0.6) is 0 Å². The Morgan fingerprint density at radius 2 is 1.69 bits per heavy atom. The highest BCUT2D eigenvalue weighted by Gasteiger charge is 2.33. The molecule has 0 atom stereocenters. The predicted octanol–water partition coefficient (Wildman–Crippen LogP) is 3.93. The number of alkyl halides is 3. The Morgan fingerprint density at radius 3 is 2.31 bits per heavy atom. The van der Waals surface area contributed by atoms with Crippen molar-refractivity contribution in [3.63, 3.8) is 0 Å². The molecule has 0 heterocycles. The molecule has 0 aliphatic carbocycles. The minimum atomic E-state index is -4.54. The lowest BCUT2D eigenvalue weighted by molar-refractivity contribution is -0.137. The average molecular weight is 366 g/mol.